The Hall–Kier alpha value is -4.08. The summed E-state index contributed by atoms with van der Waals surface area (Å²) in [4.78, 5) is 48.3. The number of esters is 1. The molecule has 3 rings (SSSR count). The number of urea groups is 1. The highest BCUT2D eigenvalue weighted by molar-refractivity contribution is 6.14. The number of nitrogens with zero attached hydrogens (tertiary/aromatic N) is 1. The molecule has 3 amide bonds. The lowest BCUT2D eigenvalue weighted by molar-refractivity contribution is -0.144. The average Bonchev–Trinajstić information content (AvgIpc) is 3.29. The van der Waals surface area contributed by atoms with Crippen molar-refractivity contribution >= 4 is 30.0 Å². The van der Waals surface area contributed by atoms with Crippen LogP contribution in [0.4, 0.5) is 4.79 Å². The van der Waals surface area contributed by atoms with E-state index in [1.54, 1.807) is 24.3 Å². The van der Waals surface area contributed by atoms with Crippen molar-refractivity contribution in [3.05, 3.63) is 59.2 Å². The van der Waals surface area contributed by atoms with Crippen molar-refractivity contribution in [3.63, 3.8) is 0 Å². The fourth-order valence-electron chi connectivity index (χ4n) is 2.65. The molecule has 1 aromatic carbocycles. The van der Waals surface area contributed by atoms with E-state index in [1.165, 1.54) is 32.2 Å². The standard InChI is InChI=1S/C20H18N2O8/c1-11(18(24)25)29-15-6-4-3-5-12(15)9-14-17(23)22(20(27)21-14)10-13-7-8-16(30-13)19(26)28-2/h3-9,11H,10H2,1-2H3,(H,21,27)(H,24,25)/b14-9-/t11-/m0/s1. The van der Waals surface area contributed by atoms with Gasteiger partial charge in [-0.3, -0.25) is 9.69 Å². The highest BCUT2D eigenvalue weighted by atomic mass is 16.5. The topological polar surface area (TPSA) is 135 Å². The zero-order valence-corrected chi connectivity index (χ0v) is 16.1. The smallest absolute Gasteiger partial charge is 0.373 e. The number of hydrogen-bond acceptors (Lipinski definition) is 7. The number of carbonyl (C=O) groups excluding carboxylic acids is 3. The molecule has 0 bridgehead atoms. The van der Waals surface area contributed by atoms with Crippen molar-refractivity contribution in [1.82, 2.24) is 10.2 Å². The summed E-state index contributed by atoms with van der Waals surface area (Å²) in [6.45, 7) is 1.19. The number of methoxy groups -OCH3 is 1. The zero-order valence-electron chi connectivity index (χ0n) is 16.1. The highest BCUT2D eigenvalue weighted by Crippen LogP contribution is 2.24. The van der Waals surface area contributed by atoms with Crippen LogP contribution in [0.25, 0.3) is 6.08 Å². The molecule has 2 heterocycles. The van der Waals surface area contributed by atoms with Crippen molar-refractivity contribution in [2.24, 2.45) is 0 Å². The van der Waals surface area contributed by atoms with Gasteiger partial charge in [-0.05, 0) is 31.2 Å². The molecule has 1 atom stereocenters. The number of furan rings is 1. The van der Waals surface area contributed by atoms with Gasteiger partial charge in [0.1, 0.15) is 17.2 Å². The maximum absolute atomic E-state index is 12.7. The van der Waals surface area contributed by atoms with E-state index >= 15 is 0 Å². The lowest BCUT2D eigenvalue weighted by atomic mass is 10.1. The third kappa shape index (κ3) is 4.32. The molecule has 0 spiro atoms. The van der Waals surface area contributed by atoms with E-state index < -0.39 is 30.0 Å². The summed E-state index contributed by atoms with van der Waals surface area (Å²) in [7, 11) is 1.21. The van der Waals surface area contributed by atoms with Crippen LogP contribution < -0.4 is 10.1 Å². The molecule has 2 N–H and O–H groups in total. The summed E-state index contributed by atoms with van der Waals surface area (Å²) >= 11 is 0. The maximum atomic E-state index is 12.7. The van der Waals surface area contributed by atoms with E-state index in [0.29, 0.717) is 5.56 Å². The van der Waals surface area contributed by atoms with Gasteiger partial charge in [0.25, 0.3) is 5.91 Å². The van der Waals surface area contributed by atoms with Crippen molar-refractivity contribution < 1.29 is 38.2 Å². The van der Waals surface area contributed by atoms with Crippen LogP contribution in [0.1, 0.15) is 28.8 Å². The second-order valence-electron chi connectivity index (χ2n) is 6.27. The molecular weight excluding hydrogens is 396 g/mol. The number of amides is 3. The molecule has 10 nitrogen and oxygen atoms in total. The number of imide groups is 1. The number of para-hydroxylation sites is 1. The van der Waals surface area contributed by atoms with Gasteiger partial charge in [-0.1, -0.05) is 18.2 Å². The molecular formula is C20H18N2O8. The normalized spacial score (nSPS) is 15.8. The minimum atomic E-state index is -1.14. The number of hydrogen-bond donors (Lipinski definition) is 2. The van der Waals surface area contributed by atoms with Crippen molar-refractivity contribution in [2.45, 2.75) is 19.6 Å². The van der Waals surface area contributed by atoms with E-state index in [4.69, 9.17) is 14.3 Å². The number of rotatable bonds is 7. The molecule has 0 radical (unpaired) electrons. The van der Waals surface area contributed by atoms with Gasteiger partial charge in [0.05, 0.1) is 13.7 Å². The van der Waals surface area contributed by atoms with E-state index in [9.17, 15) is 19.2 Å². The molecule has 1 fully saturated rings. The van der Waals surface area contributed by atoms with Crippen LogP contribution in [0.3, 0.4) is 0 Å². The van der Waals surface area contributed by atoms with Gasteiger partial charge in [0.2, 0.25) is 5.76 Å². The van der Waals surface area contributed by atoms with Gasteiger partial charge in [0, 0.05) is 5.56 Å². The van der Waals surface area contributed by atoms with Crippen LogP contribution in [0.5, 0.6) is 5.75 Å². The van der Waals surface area contributed by atoms with Crippen molar-refractivity contribution in [3.8, 4) is 5.75 Å². The Balaban J connectivity index is 1.79. The summed E-state index contributed by atoms with van der Waals surface area (Å²) in [5.74, 6) is -2.01. The third-order valence-electron chi connectivity index (χ3n) is 4.19. The maximum Gasteiger partial charge on any atom is 0.373 e. The quantitative estimate of drug-likeness (QED) is 0.399. The molecule has 10 heteroatoms. The molecule has 30 heavy (non-hydrogen) atoms. The first kappa shape index (κ1) is 20.6. The monoisotopic (exact) mass is 414 g/mol. The molecule has 0 unspecified atom stereocenters. The first-order chi connectivity index (χ1) is 14.3. The van der Waals surface area contributed by atoms with Gasteiger partial charge in [-0.15, -0.1) is 0 Å². The van der Waals surface area contributed by atoms with Gasteiger partial charge in [0.15, 0.2) is 6.10 Å². The molecule has 2 aromatic rings. The Kier molecular flexibility index (Phi) is 5.86. The molecule has 0 aliphatic carbocycles. The molecule has 0 saturated carbocycles. The van der Waals surface area contributed by atoms with Crippen LogP contribution in [0.15, 0.2) is 46.5 Å². The van der Waals surface area contributed by atoms with E-state index in [2.05, 4.69) is 10.1 Å². The van der Waals surface area contributed by atoms with Crippen LogP contribution in [-0.4, -0.2) is 47.1 Å². The zero-order chi connectivity index (χ0) is 21.8. The van der Waals surface area contributed by atoms with Crippen LogP contribution in [0, 0.1) is 0 Å². The second kappa shape index (κ2) is 8.52. The minimum absolute atomic E-state index is 0.0150. The van der Waals surface area contributed by atoms with Gasteiger partial charge in [-0.25, -0.2) is 14.4 Å². The molecule has 1 saturated heterocycles. The predicted molar refractivity (Wildman–Crippen MR) is 101 cm³/mol. The summed E-state index contributed by atoms with van der Waals surface area (Å²) < 4.78 is 15.2. The van der Waals surface area contributed by atoms with E-state index in [0.717, 1.165) is 4.90 Å². The summed E-state index contributed by atoms with van der Waals surface area (Å²) in [5, 5.41) is 11.5. The number of carboxylic acids is 1. The Morgan fingerprint density at radius 3 is 2.67 bits per heavy atom. The SMILES string of the molecule is COC(=O)c1ccc(CN2C(=O)N/C(=C\c3ccccc3O[C@@H](C)C(=O)O)C2=O)o1. The van der Waals surface area contributed by atoms with E-state index in [1.807, 2.05) is 0 Å². The Morgan fingerprint density at radius 1 is 1.23 bits per heavy atom. The summed E-state index contributed by atoms with van der Waals surface area (Å²) in [6.07, 6.45) is 0.296. The third-order valence-corrected chi connectivity index (χ3v) is 4.19. The first-order valence-corrected chi connectivity index (χ1v) is 8.80. The number of carbonyl (C=O) groups is 4. The second-order valence-corrected chi connectivity index (χ2v) is 6.27. The summed E-state index contributed by atoms with van der Waals surface area (Å²) in [6, 6.07) is 8.69. The Morgan fingerprint density at radius 2 is 1.97 bits per heavy atom. The lowest BCUT2D eigenvalue weighted by Gasteiger charge is -2.13. The number of carboxylic acid groups (broad SMARTS) is 1. The van der Waals surface area contributed by atoms with Gasteiger partial charge in [-0.2, -0.15) is 0 Å². The molecule has 156 valence electrons. The Labute approximate surface area is 170 Å². The van der Waals surface area contributed by atoms with E-state index in [-0.39, 0.29) is 29.5 Å². The highest BCUT2D eigenvalue weighted by Gasteiger charge is 2.34. The van der Waals surface area contributed by atoms with Crippen molar-refractivity contribution in [2.75, 3.05) is 7.11 Å². The average molecular weight is 414 g/mol. The van der Waals surface area contributed by atoms with Crippen molar-refractivity contribution in [1.29, 1.82) is 0 Å². The van der Waals surface area contributed by atoms with Crippen LogP contribution in [0.2, 0.25) is 0 Å². The predicted octanol–water partition coefficient (Wildman–Crippen LogP) is 2.01. The fourth-order valence-corrected chi connectivity index (χ4v) is 2.65. The number of nitrogens with one attached hydrogen (secondary N) is 1. The first-order valence-electron chi connectivity index (χ1n) is 8.80. The number of ether oxygens (including phenoxy) is 2. The Bertz CT molecular complexity index is 1040. The number of benzene rings is 1. The lowest BCUT2D eigenvalue weighted by Crippen LogP contribution is -2.30. The van der Waals surface area contributed by atoms with Gasteiger partial charge < -0.3 is 24.3 Å². The number of aliphatic carboxylic acids is 1. The molecule has 1 aliphatic heterocycles. The summed E-state index contributed by atoms with van der Waals surface area (Å²) in [5.41, 5.74) is 0.404. The van der Waals surface area contributed by atoms with Crippen LogP contribution >= 0.6 is 0 Å². The largest absolute Gasteiger partial charge is 0.479 e. The van der Waals surface area contributed by atoms with Crippen LogP contribution in [-0.2, 0) is 20.9 Å². The van der Waals surface area contributed by atoms with Gasteiger partial charge >= 0.3 is 18.0 Å². The minimum Gasteiger partial charge on any atom is -0.479 e. The molecule has 1 aromatic heterocycles. The molecule has 1 aliphatic rings. The fraction of sp³-hybridized carbons (Fsp3) is 0.200.